The van der Waals surface area contributed by atoms with Crippen LogP contribution in [0, 0.1) is 11.3 Å². The van der Waals surface area contributed by atoms with E-state index in [4.69, 9.17) is 5.73 Å². The van der Waals surface area contributed by atoms with Gasteiger partial charge >= 0.3 is 0 Å². The lowest BCUT2D eigenvalue weighted by molar-refractivity contribution is 0.0740. The Hall–Kier alpha value is -2.39. The average Bonchev–Trinajstić information content (AvgIpc) is 2.85. The van der Waals surface area contributed by atoms with Crippen LogP contribution in [0.25, 0.3) is 11.3 Å². The molecular weight excluding hydrogens is 278 g/mol. The van der Waals surface area contributed by atoms with Crippen LogP contribution in [0.5, 0.6) is 0 Å². The number of nitrogens with one attached hydrogen (secondary N) is 1. The van der Waals surface area contributed by atoms with Crippen molar-refractivity contribution < 1.29 is 5.11 Å². The van der Waals surface area contributed by atoms with E-state index in [0.717, 1.165) is 5.69 Å². The van der Waals surface area contributed by atoms with Gasteiger partial charge in [0.05, 0.1) is 11.4 Å². The predicted molar refractivity (Wildman–Crippen MR) is 84.9 cm³/mol. The van der Waals surface area contributed by atoms with Gasteiger partial charge in [-0.3, -0.25) is 5.10 Å². The van der Waals surface area contributed by atoms with Crippen LogP contribution >= 0.6 is 0 Å². The molecule has 0 aliphatic rings. The molecule has 0 bridgehead atoms. The Morgan fingerprint density at radius 3 is 2.32 bits per heavy atom. The first-order valence-electron chi connectivity index (χ1n) is 7.04. The fraction of sp³-hybridized carbons (Fsp3) is 0.438. The summed E-state index contributed by atoms with van der Waals surface area (Å²) in [4.78, 5) is 4.12. The van der Waals surface area contributed by atoms with Crippen LogP contribution in [-0.2, 0) is 11.0 Å². The summed E-state index contributed by atoms with van der Waals surface area (Å²) in [5.74, 6) is 0.0948. The normalized spacial score (nSPS) is 12.2. The second kappa shape index (κ2) is 5.11. The van der Waals surface area contributed by atoms with Crippen molar-refractivity contribution in [1.29, 1.82) is 5.26 Å². The molecule has 0 saturated heterocycles. The first-order chi connectivity index (χ1) is 10.0. The molecule has 0 atom stereocenters. The summed E-state index contributed by atoms with van der Waals surface area (Å²) in [5, 5.41) is 26.8. The van der Waals surface area contributed by atoms with E-state index in [2.05, 4.69) is 42.0 Å². The third-order valence-electron chi connectivity index (χ3n) is 3.45. The summed E-state index contributed by atoms with van der Waals surface area (Å²) < 4.78 is 0. The number of anilines is 1. The summed E-state index contributed by atoms with van der Waals surface area (Å²) in [6.07, 6.45) is 0. The van der Waals surface area contributed by atoms with Gasteiger partial charge in [-0.25, -0.2) is 4.98 Å². The lowest BCUT2D eigenvalue weighted by Gasteiger charge is -2.18. The van der Waals surface area contributed by atoms with Gasteiger partial charge < -0.3 is 10.8 Å². The largest absolute Gasteiger partial charge is 0.384 e. The van der Waals surface area contributed by atoms with Crippen molar-refractivity contribution in [3.63, 3.8) is 0 Å². The molecule has 6 nitrogen and oxygen atoms in total. The molecule has 0 fully saturated rings. The molecule has 2 aromatic rings. The first kappa shape index (κ1) is 16.0. The SMILES string of the molecule is CC(C)(C)c1cc(-c2cc(C(C)(C)O)nc(N)c2C#N)n[nH]1. The number of aromatic nitrogens is 3. The highest BCUT2D eigenvalue weighted by Gasteiger charge is 2.24. The van der Waals surface area contributed by atoms with Gasteiger partial charge in [-0.2, -0.15) is 10.4 Å². The van der Waals surface area contributed by atoms with E-state index < -0.39 is 5.60 Å². The lowest BCUT2D eigenvalue weighted by atomic mass is 9.91. The number of nitrogen functional groups attached to an aromatic ring is 1. The van der Waals surface area contributed by atoms with Gasteiger partial charge in [-0.15, -0.1) is 0 Å². The van der Waals surface area contributed by atoms with Crippen LogP contribution in [0.4, 0.5) is 5.82 Å². The standard InChI is InChI=1S/C16H21N5O/c1-15(2,3)12-7-11(20-21-12)9-6-13(16(4,5)22)19-14(18)10(9)8-17/h6-7,22H,1-5H3,(H2,18,19)(H,20,21). The van der Waals surface area contributed by atoms with Gasteiger partial charge in [-0.05, 0) is 26.0 Å². The zero-order chi connectivity index (χ0) is 16.7. The second-order valence-electron chi connectivity index (χ2n) is 6.90. The molecule has 0 amide bonds. The predicted octanol–water partition coefficient (Wildman–Crippen LogP) is 2.45. The molecule has 116 valence electrons. The maximum atomic E-state index is 10.2. The van der Waals surface area contributed by atoms with Gasteiger partial charge in [0, 0.05) is 16.7 Å². The summed E-state index contributed by atoms with van der Waals surface area (Å²) in [7, 11) is 0. The quantitative estimate of drug-likeness (QED) is 0.788. The Morgan fingerprint density at radius 2 is 1.86 bits per heavy atom. The first-order valence-corrected chi connectivity index (χ1v) is 7.04. The van der Waals surface area contributed by atoms with Crippen molar-refractivity contribution >= 4 is 5.82 Å². The van der Waals surface area contributed by atoms with Crippen molar-refractivity contribution in [2.75, 3.05) is 5.73 Å². The molecule has 0 aliphatic heterocycles. The summed E-state index contributed by atoms with van der Waals surface area (Å²) in [5.41, 5.74) is 7.43. The van der Waals surface area contributed by atoms with E-state index in [9.17, 15) is 10.4 Å². The number of nitrogens with two attached hydrogens (primary N) is 1. The smallest absolute Gasteiger partial charge is 0.142 e. The number of nitriles is 1. The molecule has 0 aromatic carbocycles. The number of H-pyrrole nitrogens is 1. The molecule has 2 heterocycles. The topological polar surface area (TPSA) is 112 Å². The van der Waals surface area contributed by atoms with Crippen molar-refractivity contribution in [1.82, 2.24) is 15.2 Å². The maximum Gasteiger partial charge on any atom is 0.142 e. The van der Waals surface area contributed by atoms with E-state index in [1.807, 2.05) is 6.07 Å². The molecule has 4 N–H and O–H groups in total. The summed E-state index contributed by atoms with van der Waals surface area (Å²) in [6, 6.07) is 5.62. The Balaban J connectivity index is 2.66. The Kier molecular flexibility index (Phi) is 3.71. The third kappa shape index (κ3) is 2.95. The number of rotatable bonds is 2. The van der Waals surface area contributed by atoms with Crippen LogP contribution in [0.15, 0.2) is 12.1 Å². The molecule has 6 heteroatoms. The van der Waals surface area contributed by atoms with E-state index >= 15 is 0 Å². The average molecular weight is 299 g/mol. The molecule has 2 rings (SSSR count). The Bertz CT molecular complexity index is 741. The molecule has 0 aliphatic carbocycles. The molecule has 22 heavy (non-hydrogen) atoms. The van der Waals surface area contributed by atoms with Gasteiger partial charge in [0.2, 0.25) is 0 Å². The fourth-order valence-corrected chi connectivity index (χ4v) is 2.04. The maximum absolute atomic E-state index is 10.2. The minimum Gasteiger partial charge on any atom is -0.384 e. The molecule has 2 aromatic heterocycles. The monoisotopic (exact) mass is 299 g/mol. The lowest BCUT2D eigenvalue weighted by Crippen LogP contribution is -2.19. The zero-order valence-corrected chi connectivity index (χ0v) is 13.5. The number of aromatic amines is 1. The summed E-state index contributed by atoms with van der Waals surface area (Å²) >= 11 is 0. The number of hydrogen-bond donors (Lipinski definition) is 3. The fourth-order valence-electron chi connectivity index (χ4n) is 2.04. The van der Waals surface area contributed by atoms with Gasteiger partial charge in [0.1, 0.15) is 23.1 Å². The highest BCUT2D eigenvalue weighted by molar-refractivity contribution is 5.73. The molecular formula is C16H21N5O. The Labute approximate surface area is 130 Å². The van der Waals surface area contributed by atoms with E-state index in [1.165, 1.54) is 0 Å². The van der Waals surface area contributed by atoms with Crippen LogP contribution in [0.2, 0.25) is 0 Å². The van der Waals surface area contributed by atoms with Crippen molar-refractivity contribution in [2.24, 2.45) is 0 Å². The minimum atomic E-state index is -1.15. The molecule has 0 saturated carbocycles. The van der Waals surface area contributed by atoms with Crippen LogP contribution in [0.3, 0.4) is 0 Å². The van der Waals surface area contributed by atoms with E-state index in [-0.39, 0.29) is 16.8 Å². The zero-order valence-electron chi connectivity index (χ0n) is 13.5. The van der Waals surface area contributed by atoms with Crippen LogP contribution in [-0.4, -0.2) is 20.3 Å². The van der Waals surface area contributed by atoms with Gasteiger partial charge in [-0.1, -0.05) is 20.8 Å². The van der Waals surface area contributed by atoms with Crippen LogP contribution in [0.1, 0.15) is 51.6 Å². The number of nitrogens with zero attached hydrogens (tertiary/aromatic N) is 3. The van der Waals surface area contributed by atoms with Crippen LogP contribution < -0.4 is 5.73 Å². The highest BCUT2D eigenvalue weighted by atomic mass is 16.3. The van der Waals surface area contributed by atoms with Gasteiger partial charge in [0.25, 0.3) is 0 Å². The highest BCUT2D eigenvalue weighted by Crippen LogP contribution is 2.32. The molecule has 0 unspecified atom stereocenters. The van der Waals surface area contributed by atoms with Crippen molar-refractivity contribution in [2.45, 2.75) is 45.6 Å². The number of aliphatic hydroxyl groups is 1. The summed E-state index contributed by atoms with van der Waals surface area (Å²) in [6.45, 7) is 9.45. The van der Waals surface area contributed by atoms with E-state index in [0.29, 0.717) is 17.0 Å². The van der Waals surface area contributed by atoms with E-state index in [1.54, 1.807) is 19.9 Å². The molecule has 0 radical (unpaired) electrons. The van der Waals surface area contributed by atoms with Crippen molar-refractivity contribution in [3.05, 3.63) is 29.1 Å². The van der Waals surface area contributed by atoms with Crippen molar-refractivity contribution in [3.8, 4) is 17.3 Å². The minimum absolute atomic E-state index is 0.0876. The molecule has 0 spiro atoms. The number of hydrogen-bond acceptors (Lipinski definition) is 5. The van der Waals surface area contributed by atoms with Gasteiger partial charge in [0.15, 0.2) is 0 Å². The Morgan fingerprint density at radius 1 is 1.23 bits per heavy atom. The number of pyridine rings is 1. The third-order valence-corrected chi connectivity index (χ3v) is 3.45. The second-order valence-corrected chi connectivity index (χ2v) is 6.90.